The summed E-state index contributed by atoms with van der Waals surface area (Å²) in [6.07, 6.45) is 3.33. The number of benzene rings is 3. The molecule has 7 nitrogen and oxygen atoms in total. The van der Waals surface area contributed by atoms with Crippen LogP contribution >= 0.6 is 0 Å². The van der Waals surface area contributed by atoms with Gasteiger partial charge < -0.3 is 14.0 Å². The first-order valence-electron chi connectivity index (χ1n) is 11.8. The van der Waals surface area contributed by atoms with E-state index in [1.807, 2.05) is 48.5 Å². The molecule has 0 aliphatic carbocycles. The van der Waals surface area contributed by atoms with Gasteiger partial charge in [0.15, 0.2) is 11.5 Å². The van der Waals surface area contributed by atoms with E-state index in [2.05, 4.69) is 11.1 Å². The molecule has 0 spiro atoms. The van der Waals surface area contributed by atoms with E-state index in [4.69, 9.17) is 14.5 Å². The van der Waals surface area contributed by atoms with Crippen molar-refractivity contribution in [3.63, 3.8) is 0 Å². The molecule has 0 aliphatic rings. The van der Waals surface area contributed by atoms with Crippen LogP contribution in [0.25, 0.3) is 11.0 Å². The lowest BCUT2D eigenvalue weighted by atomic mass is 10.1. The zero-order valence-electron chi connectivity index (χ0n) is 20.6. The molecule has 36 heavy (non-hydrogen) atoms. The van der Waals surface area contributed by atoms with Crippen LogP contribution in [0.2, 0.25) is 0 Å². The maximum atomic E-state index is 13.1. The Kier molecular flexibility index (Phi) is 8.07. The number of sulfonamides is 1. The molecule has 188 valence electrons. The standard InChI is InChI=1S/C28H31N3O4S/c1-4-11-22-16-17-26(27(20-22)34-3)35-19-10-18-31-25-15-9-8-14-24(25)29-28(31)21-30(2)36(32,33)23-12-6-5-7-13-23/h4-9,12-17,20H,1,10-11,18-19,21H2,2-3H3. The minimum Gasteiger partial charge on any atom is -0.493 e. The summed E-state index contributed by atoms with van der Waals surface area (Å²) in [5, 5.41) is 0. The van der Waals surface area contributed by atoms with Gasteiger partial charge in [-0.2, -0.15) is 4.31 Å². The molecule has 0 N–H and O–H groups in total. The summed E-state index contributed by atoms with van der Waals surface area (Å²) in [5.74, 6) is 2.06. The van der Waals surface area contributed by atoms with Gasteiger partial charge in [-0.05, 0) is 54.8 Å². The SMILES string of the molecule is C=CCc1ccc(OCCCn2c(CN(C)S(=O)(=O)c3ccccc3)nc3ccccc32)c(OC)c1. The van der Waals surface area contributed by atoms with Gasteiger partial charge in [-0.3, -0.25) is 0 Å². The van der Waals surface area contributed by atoms with Crippen molar-refractivity contribution in [2.24, 2.45) is 0 Å². The highest BCUT2D eigenvalue weighted by molar-refractivity contribution is 7.89. The van der Waals surface area contributed by atoms with Gasteiger partial charge in [0.05, 0.1) is 36.2 Å². The lowest BCUT2D eigenvalue weighted by molar-refractivity contribution is 0.282. The largest absolute Gasteiger partial charge is 0.493 e. The van der Waals surface area contributed by atoms with Crippen molar-refractivity contribution in [1.29, 1.82) is 0 Å². The Balaban J connectivity index is 1.48. The highest BCUT2D eigenvalue weighted by Crippen LogP contribution is 2.29. The van der Waals surface area contributed by atoms with Crippen molar-refractivity contribution in [2.75, 3.05) is 20.8 Å². The Hall–Kier alpha value is -3.62. The fraction of sp³-hybridized carbons (Fsp3) is 0.250. The summed E-state index contributed by atoms with van der Waals surface area (Å²) >= 11 is 0. The summed E-state index contributed by atoms with van der Waals surface area (Å²) in [6, 6.07) is 22.1. The van der Waals surface area contributed by atoms with Crippen LogP contribution in [0.3, 0.4) is 0 Å². The quantitative estimate of drug-likeness (QED) is 0.199. The normalized spacial score (nSPS) is 11.6. The number of para-hydroxylation sites is 2. The van der Waals surface area contributed by atoms with Crippen LogP contribution in [0.4, 0.5) is 0 Å². The van der Waals surface area contributed by atoms with E-state index >= 15 is 0 Å². The highest BCUT2D eigenvalue weighted by Gasteiger charge is 2.23. The molecule has 0 atom stereocenters. The number of ether oxygens (including phenoxy) is 2. The Bertz CT molecular complexity index is 1430. The molecule has 0 saturated carbocycles. The molecule has 0 radical (unpaired) electrons. The number of imidazole rings is 1. The van der Waals surface area contributed by atoms with Gasteiger partial charge in [0.25, 0.3) is 0 Å². The van der Waals surface area contributed by atoms with E-state index in [9.17, 15) is 8.42 Å². The van der Waals surface area contributed by atoms with Crippen molar-refractivity contribution in [3.8, 4) is 11.5 Å². The second-order valence-corrected chi connectivity index (χ2v) is 10.5. The molecule has 0 aliphatic heterocycles. The Morgan fingerprint density at radius 1 is 1.03 bits per heavy atom. The third kappa shape index (κ3) is 5.61. The second kappa shape index (κ2) is 11.4. The average molecular weight is 506 g/mol. The predicted molar refractivity (Wildman–Crippen MR) is 142 cm³/mol. The zero-order valence-corrected chi connectivity index (χ0v) is 21.4. The molecule has 0 fully saturated rings. The smallest absolute Gasteiger partial charge is 0.243 e. The summed E-state index contributed by atoms with van der Waals surface area (Å²) in [7, 11) is -0.423. The lowest BCUT2D eigenvalue weighted by Gasteiger charge is -2.18. The van der Waals surface area contributed by atoms with Crippen molar-refractivity contribution in [1.82, 2.24) is 13.9 Å². The minimum atomic E-state index is -3.63. The number of nitrogens with zero attached hydrogens (tertiary/aromatic N) is 3. The number of allylic oxidation sites excluding steroid dienone is 1. The number of methoxy groups -OCH3 is 1. The first-order chi connectivity index (χ1) is 17.4. The number of fused-ring (bicyclic) bond motifs is 1. The van der Waals surface area contributed by atoms with Crippen LogP contribution in [0.5, 0.6) is 11.5 Å². The topological polar surface area (TPSA) is 73.7 Å². The maximum absolute atomic E-state index is 13.1. The first-order valence-corrected chi connectivity index (χ1v) is 13.2. The first kappa shape index (κ1) is 25.5. The van der Waals surface area contributed by atoms with E-state index in [0.717, 1.165) is 23.0 Å². The third-order valence-corrected chi connectivity index (χ3v) is 7.76. The number of aromatic nitrogens is 2. The molecule has 1 heterocycles. The van der Waals surface area contributed by atoms with Crippen molar-refractivity contribution in [2.45, 2.75) is 30.8 Å². The minimum absolute atomic E-state index is 0.158. The molecule has 0 unspecified atom stereocenters. The summed E-state index contributed by atoms with van der Waals surface area (Å²) in [5.41, 5.74) is 2.90. The molecule has 0 amide bonds. The summed E-state index contributed by atoms with van der Waals surface area (Å²) in [6.45, 7) is 5.04. The van der Waals surface area contributed by atoms with Gasteiger partial charge in [0.1, 0.15) is 5.82 Å². The van der Waals surface area contributed by atoms with Gasteiger partial charge in [-0.15, -0.1) is 6.58 Å². The molecule has 0 bridgehead atoms. The van der Waals surface area contributed by atoms with E-state index in [1.165, 1.54) is 4.31 Å². The van der Waals surface area contributed by atoms with Crippen molar-refractivity contribution >= 4 is 21.1 Å². The van der Waals surface area contributed by atoms with E-state index in [1.54, 1.807) is 44.5 Å². The van der Waals surface area contributed by atoms with Gasteiger partial charge in [-0.25, -0.2) is 13.4 Å². The molecule has 4 rings (SSSR count). The molecule has 4 aromatic rings. The molecule has 3 aromatic carbocycles. The number of aryl methyl sites for hydroxylation is 1. The highest BCUT2D eigenvalue weighted by atomic mass is 32.2. The second-order valence-electron chi connectivity index (χ2n) is 8.42. The monoisotopic (exact) mass is 505 g/mol. The number of hydrogen-bond donors (Lipinski definition) is 0. The fourth-order valence-corrected chi connectivity index (χ4v) is 5.23. The fourth-order valence-electron chi connectivity index (χ4n) is 4.08. The maximum Gasteiger partial charge on any atom is 0.243 e. The van der Waals surface area contributed by atoms with E-state index in [0.29, 0.717) is 36.9 Å². The van der Waals surface area contributed by atoms with E-state index < -0.39 is 10.0 Å². The van der Waals surface area contributed by atoms with Crippen LogP contribution in [0, 0.1) is 0 Å². The number of hydrogen-bond acceptors (Lipinski definition) is 5. The summed E-state index contributed by atoms with van der Waals surface area (Å²) in [4.78, 5) is 5.00. The predicted octanol–water partition coefficient (Wildman–Crippen LogP) is 5.06. The molecule has 1 aromatic heterocycles. The Labute approximate surface area is 212 Å². The van der Waals surface area contributed by atoms with Crippen LogP contribution in [0.15, 0.2) is 90.3 Å². The molecular formula is C28H31N3O4S. The van der Waals surface area contributed by atoms with Gasteiger partial charge in [-0.1, -0.05) is 42.5 Å². The van der Waals surface area contributed by atoms with Gasteiger partial charge in [0, 0.05) is 13.6 Å². The van der Waals surface area contributed by atoms with Crippen LogP contribution < -0.4 is 9.47 Å². The number of rotatable bonds is 12. The van der Waals surface area contributed by atoms with E-state index in [-0.39, 0.29) is 11.4 Å². The van der Waals surface area contributed by atoms with Crippen molar-refractivity contribution in [3.05, 3.63) is 96.8 Å². The molecule has 8 heteroatoms. The Morgan fingerprint density at radius 3 is 2.53 bits per heavy atom. The Morgan fingerprint density at radius 2 is 1.78 bits per heavy atom. The molecule has 0 saturated heterocycles. The lowest BCUT2D eigenvalue weighted by Crippen LogP contribution is -2.28. The van der Waals surface area contributed by atoms with Gasteiger partial charge >= 0.3 is 0 Å². The van der Waals surface area contributed by atoms with Gasteiger partial charge in [0.2, 0.25) is 10.0 Å². The average Bonchev–Trinajstić information content (AvgIpc) is 3.24. The van der Waals surface area contributed by atoms with Crippen LogP contribution in [-0.2, 0) is 29.5 Å². The molecular weight excluding hydrogens is 474 g/mol. The third-order valence-electron chi connectivity index (χ3n) is 5.94. The van der Waals surface area contributed by atoms with Crippen LogP contribution in [-0.4, -0.2) is 43.0 Å². The van der Waals surface area contributed by atoms with Crippen molar-refractivity contribution < 1.29 is 17.9 Å². The zero-order chi connectivity index (χ0) is 25.5. The summed E-state index contributed by atoms with van der Waals surface area (Å²) < 4.78 is 41.0. The van der Waals surface area contributed by atoms with Crippen LogP contribution in [0.1, 0.15) is 17.8 Å².